The summed E-state index contributed by atoms with van der Waals surface area (Å²) in [7, 11) is 0. The molecule has 3 amide bonds. The molecule has 0 bridgehead atoms. The van der Waals surface area contributed by atoms with Crippen LogP contribution in [0.1, 0.15) is 19.5 Å². The van der Waals surface area contributed by atoms with Crippen LogP contribution in [0.2, 0.25) is 0 Å². The fourth-order valence-electron chi connectivity index (χ4n) is 2.39. The maximum absolute atomic E-state index is 11.8. The number of hydrogen-bond acceptors (Lipinski definition) is 7. The van der Waals surface area contributed by atoms with E-state index >= 15 is 0 Å². The van der Waals surface area contributed by atoms with Crippen LogP contribution in [0.5, 0.6) is 11.5 Å². The molecular formula is C21H21N5O4. The monoisotopic (exact) mass is 407 g/mol. The SMILES string of the molecule is Cc1cc(-c2cc(Oc3ccc(NC(=O)NC(=O)C(C)(C)O)nc3)ccn2)ccn1. The number of urea groups is 1. The number of anilines is 1. The van der Waals surface area contributed by atoms with Crippen molar-refractivity contribution in [2.24, 2.45) is 0 Å². The first-order valence-electron chi connectivity index (χ1n) is 9.08. The van der Waals surface area contributed by atoms with Gasteiger partial charge in [-0.05, 0) is 51.1 Å². The number of nitrogens with zero attached hydrogens (tertiary/aromatic N) is 3. The molecule has 0 saturated heterocycles. The summed E-state index contributed by atoms with van der Waals surface area (Å²) in [5.74, 6) is 0.422. The Morgan fingerprint density at radius 3 is 2.43 bits per heavy atom. The summed E-state index contributed by atoms with van der Waals surface area (Å²) in [4.78, 5) is 36.0. The molecule has 3 heterocycles. The lowest BCUT2D eigenvalue weighted by atomic mass is 10.1. The molecule has 0 aliphatic carbocycles. The number of pyridine rings is 3. The first-order valence-corrected chi connectivity index (χ1v) is 9.08. The van der Waals surface area contributed by atoms with Gasteiger partial charge in [-0.25, -0.2) is 9.78 Å². The molecule has 0 unspecified atom stereocenters. The van der Waals surface area contributed by atoms with Gasteiger partial charge >= 0.3 is 6.03 Å². The molecule has 30 heavy (non-hydrogen) atoms. The highest BCUT2D eigenvalue weighted by Gasteiger charge is 2.25. The Labute approximate surface area is 173 Å². The molecule has 3 aromatic rings. The van der Waals surface area contributed by atoms with Crippen LogP contribution in [0.4, 0.5) is 10.6 Å². The average Bonchev–Trinajstić information content (AvgIpc) is 2.69. The first-order chi connectivity index (χ1) is 14.2. The topological polar surface area (TPSA) is 126 Å². The molecule has 3 N–H and O–H groups in total. The number of carbonyl (C=O) groups excluding carboxylic acids is 2. The number of carbonyl (C=O) groups is 2. The van der Waals surface area contributed by atoms with Crippen molar-refractivity contribution in [1.29, 1.82) is 0 Å². The van der Waals surface area contributed by atoms with Gasteiger partial charge in [-0.1, -0.05) is 0 Å². The zero-order valence-corrected chi connectivity index (χ0v) is 16.7. The van der Waals surface area contributed by atoms with Gasteiger partial charge in [0.15, 0.2) is 0 Å². The molecule has 0 saturated carbocycles. The van der Waals surface area contributed by atoms with Gasteiger partial charge in [-0.15, -0.1) is 0 Å². The van der Waals surface area contributed by atoms with Gasteiger partial charge in [-0.2, -0.15) is 0 Å². The highest BCUT2D eigenvalue weighted by molar-refractivity contribution is 6.03. The van der Waals surface area contributed by atoms with Crippen LogP contribution in [0, 0.1) is 6.92 Å². The van der Waals surface area contributed by atoms with Crippen molar-refractivity contribution in [3.05, 3.63) is 60.7 Å². The summed E-state index contributed by atoms with van der Waals surface area (Å²) in [6, 6.07) is 9.68. The smallest absolute Gasteiger partial charge is 0.327 e. The minimum absolute atomic E-state index is 0.214. The molecule has 0 spiro atoms. The summed E-state index contributed by atoms with van der Waals surface area (Å²) in [5, 5.41) is 14.0. The van der Waals surface area contributed by atoms with E-state index in [1.54, 1.807) is 30.6 Å². The highest BCUT2D eigenvalue weighted by atomic mass is 16.5. The predicted octanol–water partition coefficient (Wildman–Crippen LogP) is 3.06. The van der Waals surface area contributed by atoms with Crippen LogP contribution in [0.25, 0.3) is 11.3 Å². The molecule has 9 heteroatoms. The minimum atomic E-state index is -1.67. The Morgan fingerprint density at radius 1 is 1.00 bits per heavy atom. The largest absolute Gasteiger partial charge is 0.456 e. The lowest BCUT2D eigenvalue weighted by molar-refractivity contribution is -0.135. The molecule has 0 fully saturated rings. The number of imide groups is 1. The van der Waals surface area contributed by atoms with Crippen molar-refractivity contribution >= 4 is 17.8 Å². The van der Waals surface area contributed by atoms with Crippen molar-refractivity contribution in [2.75, 3.05) is 5.32 Å². The predicted molar refractivity (Wildman–Crippen MR) is 110 cm³/mol. The van der Waals surface area contributed by atoms with Gasteiger partial charge in [0, 0.05) is 29.7 Å². The highest BCUT2D eigenvalue weighted by Crippen LogP contribution is 2.25. The maximum Gasteiger partial charge on any atom is 0.327 e. The van der Waals surface area contributed by atoms with Crippen LogP contribution in [-0.4, -0.2) is 37.6 Å². The van der Waals surface area contributed by atoms with Crippen LogP contribution in [-0.2, 0) is 4.79 Å². The third kappa shape index (κ3) is 5.58. The van der Waals surface area contributed by atoms with Crippen molar-refractivity contribution in [3.63, 3.8) is 0 Å². The minimum Gasteiger partial charge on any atom is -0.456 e. The van der Waals surface area contributed by atoms with E-state index in [0.29, 0.717) is 11.5 Å². The molecule has 154 valence electrons. The number of rotatable bonds is 5. The van der Waals surface area contributed by atoms with Gasteiger partial charge in [0.25, 0.3) is 5.91 Å². The molecule has 0 aliphatic heterocycles. The second-order valence-corrected chi connectivity index (χ2v) is 7.01. The molecule has 0 radical (unpaired) electrons. The van der Waals surface area contributed by atoms with Crippen LogP contribution < -0.4 is 15.4 Å². The Balaban J connectivity index is 1.64. The number of amides is 3. The molecule has 9 nitrogen and oxygen atoms in total. The molecule has 3 aromatic heterocycles. The molecular weight excluding hydrogens is 386 g/mol. The van der Waals surface area contributed by atoms with E-state index in [1.165, 1.54) is 26.1 Å². The Morgan fingerprint density at radius 2 is 1.77 bits per heavy atom. The van der Waals surface area contributed by atoms with Gasteiger partial charge in [-0.3, -0.25) is 25.4 Å². The van der Waals surface area contributed by atoms with E-state index in [9.17, 15) is 14.7 Å². The normalized spacial score (nSPS) is 10.9. The first kappa shape index (κ1) is 20.9. The van der Waals surface area contributed by atoms with Crippen molar-refractivity contribution in [3.8, 4) is 22.8 Å². The van der Waals surface area contributed by atoms with E-state index in [2.05, 4.69) is 20.3 Å². The number of aromatic nitrogens is 3. The number of aryl methyl sites for hydroxylation is 1. The fourth-order valence-corrected chi connectivity index (χ4v) is 2.39. The second kappa shape index (κ2) is 8.66. The van der Waals surface area contributed by atoms with Crippen LogP contribution in [0.3, 0.4) is 0 Å². The number of hydrogen-bond donors (Lipinski definition) is 3. The number of ether oxygens (including phenoxy) is 1. The summed E-state index contributed by atoms with van der Waals surface area (Å²) in [5.41, 5.74) is 0.900. The Bertz CT molecular complexity index is 1060. The summed E-state index contributed by atoms with van der Waals surface area (Å²) >= 11 is 0. The molecule has 0 aromatic carbocycles. The van der Waals surface area contributed by atoms with Gasteiger partial charge < -0.3 is 9.84 Å². The average molecular weight is 407 g/mol. The zero-order valence-electron chi connectivity index (χ0n) is 16.7. The summed E-state index contributed by atoms with van der Waals surface area (Å²) < 4.78 is 5.81. The summed E-state index contributed by atoms with van der Waals surface area (Å²) in [6.45, 7) is 4.46. The quantitative estimate of drug-likeness (QED) is 0.593. The second-order valence-electron chi connectivity index (χ2n) is 7.01. The summed E-state index contributed by atoms with van der Waals surface area (Å²) in [6.07, 6.45) is 4.80. The maximum atomic E-state index is 11.8. The third-order valence-electron chi connectivity index (χ3n) is 3.92. The molecule has 3 rings (SSSR count). The molecule has 0 atom stereocenters. The van der Waals surface area contributed by atoms with Crippen molar-refractivity contribution in [1.82, 2.24) is 20.3 Å². The van der Waals surface area contributed by atoms with E-state index in [0.717, 1.165) is 17.0 Å². The lowest BCUT2D eigenvalue weighted by Gasteiger charge is -2.15. The standard InChI is InChI=1S/C21H21N5O4/c1-13-10-14(6-8-22-13)17-11-15(7-9-23-17)30-16-4-5-18(24-12-16)25-20(28)26-19(27)21(2,3)29/h4-12,29H,1-3H3,(H2,24,25,26,27,28). The number of nitrogens with one attached hydrogen (secondary N) is 2. The van der Waals surface area contributed by atoms with Crippen LogP contribution >= 0.6 is 0 Å². The number of aliphatic hydroxyl groups is 1. The van der Waals surface area contributed by atoms with E-state index in [-0.39, 0.29) is 5.82 Å². The Kier molecular flexibility index (Phi) is 6.03. The van der Waals surface area contributed by atoms with E-state index < -0.39 is 17.5 Å². The van der Waals surface area contributed by atoms with Gasteiger partial charge in [0.2, 0.25) is 0 Å². The van der Waals surface area contributed by atoms with Gasteiger partial charge in [0.05, 0.1) is 11.9 Å². The van der Waals surface area contributed by atoms with E-state index in [1.807, 2.05) is 24.4 Å². The lowest BCUT2D eigenvalue weighted by Crippen LogP contribution is -2.46. The third-order valence-corrected chi connectivity index (χ3v) is 3.92. The zero-order chi connectivity index (χ0) is 21.7. The van der Waals surface area contributed by atoms with Crippen molar-refractivity contribution in [2.45, 2.75) is 26.4 Å². The molecule has 0 aliphatic rings. The van der Waals surface area contributed by atoms with Crippen molar-refractivity contribution < 1.29 is 19.4 Å². The fraction of sp³-hybridized carbons (Fsp3) is 0.190. The van der Waals surface area contributed by atoms with Gasteiger partial charge in [0.1, 0.15) is 22.9 Å². The van der Waals surface area contributed by atoms with E-state index in [4.69, 9.17) is 4.74 Å². The van der Waals surface area contributed by atoms with Crippen LogP contribution in [0.15, 0.2) is 55.0 Å². The Hall–Kier alpha value is -3.85.